The average Bonchev–Trinajstić information content (AvgIpc) is 2.56. The van der Waals surface area contributed by atoms with Gasteiger partial charge in [-0.25, -0.2) is 0 Å². The molecule has 0 amide bonds. The number of anilines is 1. The van der Waals surface area contributed by atoms with Crippen LogP contribution in [0.3, 0.4) is 0 Å². The van der Waals surface area contributed by atoms with E-state index in [4.69, 9.17) is 10.3 Å². The van der Waals surface area contributed by atoms with Gasteiger partial charge in [-0.15, -0.1) is 0 Å². The first-order valence-electron chi connectivity index (χ1n) is 5.17. The molecular formula is C10H17N3O. The van der Waals surface area contributed by atoms with Crippen LogP contribution >= 0.6 is 0 Å². The van der Waals surface area contributed by atoms with Gasteiger partial charge in [0.25, 0.3) is 0 Å². The van der Waals surface area contributed by atoms with E-state index in [1.807, 2.05) is 6.07 Å². The lowest BCUT2D eigenvalue weighted by Gasteiger charge is -2.31. The van der Waals surface area contributed by atoms with Crippen molar-refractivity contribution in [1.82, 2.24) is 10.1 Å². The van der Waals surface area contributed by atoms with Gasteiger partial charge in [0, 0.05) is 18.5 Å². The summed E-state index contributed by atoms with van der Waals surface area (Å²) in [4.78, 5) is 2.39. The van der Waals surface area contributed by atoms with Gasteiger partial charge in [-0.1, -0.05) is 11.6 Å². The first-order chi connectivity index (χ1) is 6.75. The Morgan fingerprint density at radius 1 is 1.64 bits per heavy atom. The predicted molar refractivity (Wildman–Crippen MR) is 54.9 cm³/mol. The topological polar surface area (TPSA) is 55.3 Å². The molecule has 0 bridgehead atoms. The lowest BCUT2D eigenvalue weighted by Crippen LogP contribution is -2.37. The lowest BCUT2D eigenvalue weighted by atomic mass is 9.99. The zero-order valence-electron chi connectivity index (χ0n) is 8.57. The number of piperidine rings is 1. The van der Waals surface area contributed by atoms with Crippen LogP contribution in [-0.2, 0) is 6.42 Å². The van der Waals surface area contributed by atoms with Crippen LogP contribution in [0.25, 0.3) is 0 Å². The van der Waals surface area contributed by atoms with Crippen LogP contribution in [0.15, 0.2) is 10.6 Å². The summed E-state index contributed by atoms with van der Waals surface area (Å²) in [6.45, 7) is 1.19. The molecule has 4 heteroatoms. The molecular weight excluding hydrogens is 178 g/mol. The smallest absolute Gasteiger partial charge is 0.167 e. The van der Waals surface area contributed by atoms with Gasteiger partial charge in [-0.3, -0.25) is 0 Å². The quantitative estimate of drug-likeness (QED) is 0.772. The SMILES string of the molecule is CN1CCCCC1Cc1cc(N)no1. The van der Waals surface area contributed by atoms with Crippen molar-refractivity contribution in [1.29, 1.82) is 0 Å². The van der Waals surface area contributed by atoms with Gasteiger partial charge in [-0.05, 0) is 26.4 Å². The van der Waals surface area contributed by atoms with Crippen LogP contribution in [0.2, 0.25) is 0 Å². The molecule has 0 aromatic carbocycles. The molecule has 0 radical (unpaired) electrons. The van der Waals surface area contributed by atoms with Crippen molar-refractivity contribution in [2.45, 2.75) is 31.7 Å². The Bertz CT molecular complexity index is 297. The van der Waals surface area contributed by atoms with Gasteiger partial charge in [0.05, 0.1) is 0 Å². The molecule has 2 rings (SSSR count). The molecule has 2 heterocycles. The van der Waals surface area contributed by atoms with Gasteiger partial charge in [0.1, 0.15) is 5.76 Å². The van der Waals surface area contributed by atoms with Crippen molar-refractivity contribution in [3.8, 4) is 0 Å². The molecule has 1 fully saturated rings. The van der Waals surface area contributed by atoms with Gasteiger partial charge >= 0.3 is 0 Å². The molecule has 1 aliphatic rings. The summed E-state index contributed by atoms with van der Waals surface area (Å²) in [5.41, 5.74) is 5.50. The molecule has 0 spiro atoms. The molecule has 1 aromatic heterocycles. The van der Waals surface area contributed by atoms with Crippen LogP contribution in [0.1, 0.15) is 25.0 Å². The maximum Gasteiger partial charge on any atom is 0.167 e. The number of likely N-dealkylation sites (tertiary alicyclic amines) is 1. The van der Waals surface area contributed by atoms with E-state index in [-0.39, 0.29) is 0 Å². The minimum atomic E-state index is 0.485. The van der Waals surface area contributed by atoms with Crippen LogP contribution in [0.4, 0.5) is 5.82 Å². The van der Waals surface area contributed by atoms with Gasteiger partial charge in [0.15, 0.2) is 5.82 Å². The monoisotopic (exact) mass is 195 g/mol. The maximum absolute atomic E-state index is 5.50. The van der Waals surface area contributed by atoms with Crippen LogP contribution in [0, 0.1) is 0 Å². The molecule has 1 aromatic rings. The predicted octanol–water partition coefficient (Wildman–Crippen LogP) is 1.28. The maximum atomic E-state index is 5.50. The largest absolute Gasteiger partial charge is 0.381 e. The normalized spacial score (nSPS) is 23.9. The molecule has 1 unspecified atom stereocenters. The van der Waals surface area contributed by atoms with Crippen molar-refractivity contribution in [2.24, 2.45) is 0 Å². The average molecular weight is 195 g/mol. The first-order valence-corrected chi connectivity index (χ1v) is 5.17. The molecule has 14 heavy (non-hydrogen) atoms. The molecule has 1 aliphatic heterocycles. The Morgan fingerprint density at radius 3 is 3.14 bits per heavy atom. The van der Waals surface area contributed by atoms with E-state index in [1.54, 1.807) is 0 Å². The van der Waals surface area contributed by atoms with E-state index in [0.717, 1.165) is 12.2 Å². The highest BCUT2D eigenvalue weighted by atomic mass is 16.5. The summed E-state index contributed by atoms with van der Waals surface area (Å²) >= 11 is 0. The van der Waals surface area contributed by atoms with Crippen LogP contribution in [-0.4, -0.2) is 29.7 Å². The third kappa shape index (κ3) is 2.07. The molecule has 1 saturated heterocycles. The summed E-state index contributed by atoms with van der Waals surface area (Å²) in [7, 11) is 2.17. The van der Waals surface area contributed by atoms with Gasteiger partial charge < -0.3 is 15.2 Å². The number of hydrogen-bond acceptors (Lipinski definition) is 4. The number of nitrogens with two attached hydrogens (primary N) is 1. The van der Waals surface area contributed by atoms with Gasteiger partial charge in [-0.2, -0.15) is 0 Å². The van der Waals surface area contributed by atoms with E-state index >= 15 is 0 Å². The van der Waals surface area contributed by atoms with E-state index in [1.165, 1.54) is 25.8 Å². The number of likely N-dealkylation sites (N-methyl/N-ethyl adjacent to an activating group) is 1. The molecule has 4 nitrogen and oxygen atoms in total. The minimum Gasteiger partial charge on any atom is -0.381 e. The molecule has 2 N–H and O–H groups in total. The number of nitrogen functional groups attached to an aromatic ring is 1. The standard InChI is InChI=1S/C10H17N3O/c1-13-5-3-2-4-8(13)6-9-7-10(11)12-14-9/h7-8H,2-6H2,1H3,(H2,11,12). The van der Waals surface area contributed by atoms with E-state index in [0.29, 0.717) is 11.9 Å². The van der Waals surface area contributed by atoms with Crippen molar-refractivity contribution < 1.29 is 4.52 Å². The second-order valence-electron chi connectivity index (χ2n) is 4.05. The summed E-state index contributed by atoms with van der Waals surface area (Å²) < 4.78 is 5.11. The third-order valence-electron chi connectivity index (χ3n) is 2.94. The van der Waals surface area contributed by atoms with Crippen molar-refractivity contribution in [3.05, 3.63) is 11.8 Å². The number of aromatic nitrogens is 1. The fourth-order valence-electron chi connectivity index (χ4n) is 2.06. The molecule has 0 saturated carbocycles. The Hall–Kier alpha value is -1.03. The third-order valence-corrected chi connectivity index (χ3v) is 2.94. The van der Waals surface area contributed by atoms with Crippen molar-refractivity contribution >= 4 is 5.82 Å². The molecule has 78 valence electrons. The summed E-state index contributed by atoms with van der Waals surface area (Å²) in [6.07, 6.45) is 4.81. The van der Waals surface area contributed by atoms with Crippen LogP contribution in [0.5, 0.6) is 0 Å². The highest BCUT2D eigenvalue weighted by molar-refractivity contribution is 5.26. The lowest BCUT2D eigenvalue weighted by molar-refractivity contribution is 0.175. The highest BCUT2D eigenvalue weighted by Gasteiger charge is 2.20. The summed E-state index contributed by atoms with van der Waals surface area (Å²) in [5, 5.41) is 3.69. The zero-order chi connectivity index (χ0) is 9.97. The number of rotatable bonds is 2. The van der Waals surface area contributed by atoms with E-state index in [2.05, 4.69) is 17.1 Å². The number of nitrogens with zero attached hydrogens (tertiary/aromatic N) is 2. The summed E-state index contributed by atoms with van der Waals surface area (Å²) in [5.74, 6) is 1.39. The molecule has 1 atom stereocenters. The van der Waals surface area contributed by atoms with E-state index in [9.17, 15) is 0 Å². The van der Waals surface area contributed by atoms with Crippen molar-refractivity contribution in [3.63, 3.8) is 0 Å². The Kier molecular flexibility index (Phi) is 2.72. The number of hydrogen-bond donors (Lipinski definition) is 1. The van der Waals surface area contributed by atoms with E-state index < -0.39 is 0 Å². The Morgan fingerprint density at radius 2 is 2.50 bits per heavy atom. The fraction of sp³-hybridized carbons (Fsp3) is 0.700. The first kappa shape index (κ1) is 9.52. The Labute approximate surface area is 84.0 Å². The fourth-order valence-corrected chi connectivity index (χ4v) is 2.06. The highest BCUT2D eigenvalue weighted by Crippen LogP contribution is 2.19. The zero-order valence-corrected chi connectivity index (χ0v) is 8.57. The van der Waals surface area contributed by atoms with Gasteiger partial charge in [0.2, 0.25) is 0 Å². The van der Waals surface area contributed by atoms with Crippen molar-refractivity contribution in [2.75, 3.05) is 19.3 Å². The van der Waals surface area contributed by atoms with Crippen LogP contribution < -0.4 is 5.73 Å². The Balaban J connectivity index is 1.95. The minimum absolute atomic E-state index is 0.485. The second-order valence-corrected chi connectivity index (χ2v) is 4.05. The molecule has 0 aliphatic carbocycles. The second kappa shape index (κ2) is 4.00. The summed E-state index contributed by atoms with van der Waals surface area (Å²) in [6, 6.07) is 2.42.